The maximum absolute atomic E-state index is 12.1. The number of benzene rings is 1. The fourth-order valence-corrected chi connectivity index (χ4v) is 4.32. The number of anilines is 1. The highest BCUT2D eigenvalue weighted by atomic mass is 35.5. The zero-order valence-electron chi connectivity index (χ0n) is 13.7. The Balaban J connectivity index is 1.47. The first-order chi connectivity index (χ1) is 12.6. The molecule has 0 fully saturated rings. The van der Waals surface area contributed by atoms with Gasteiger partial charge in [0, 0.05) is 23.6 Å². The van der Waals surface area contributed by atoms with E-state index in [2.05, 4.69) is 27.0 Å². The average Bonchev–Trinajstić information content (AvgIpc) is 3.28. The lowest BCUT2D eigenvalue weighted by atomic mass is 10.3. The molecule has 2 aromatic heterocycles. The van der Waals surface area contributed by atoms with Crippen molar-refractivity contribution in [1.29, 1.82) is 0 Å². The van der Waals surface area contributed by atoms with E-state index in [1.807, 2.05) is 10.6 Å². The van der Waals surface area contributed by atoms with E-state index in [0.717, 1.165) is 18.1 Å². The molecule has 3 rings (SSSR count). The SMILES string of the molecule is O=C(CCSc1nncn1CCc1cccs1)Nc1c(Cl)cccc1Cl. The van der Waals surface area contributed by atoms with Crippen LogP contribution in [0.3, 0.4) is 0 Å². The number of aromatic nitrogens is 3. The Morgan fingerprint density at radius 2 is 2.04 bits per heavy atom. The number of amides is 1. The first-order valence-electron chi connectivity index (χ1n) is 7.90. The van der Waals surface area contributed by atoms with Crippen LogP contribution in [0, 0.1) is 0 Å². The summed E-state index contributed by atoms with van der Waals surface area (Å²) in [5.74, 6) is 0.447. The van der Waals surface area contributed by atoms with E-state index in [1.54, 1.807) is 35.9 Å². The maximum Gasteiger partial charge on any atom is 0.225 e. The van der Waals surface area contributed by atoms with Crippen molar-refractivity contribution in [1.82, 2.24) is 14.8 Å². The van der Waals surface area contributed by atoms with Crippen molar-refractivity contribution in [2.75, 3.05) is 11.1 Å². The van der Waals surface area contributed by atoms with Crippen LogP contribution in [-0.4, -0.2) is 26.4 Å². The summed E-state index contributed by atoms with van der Waals surface area (Å²) in [6.07, 6.45) is 2.98. The standard InChI is InChI=1S/C17H16Cl2N4OS2/c18-13-4-1-5-14(19)16(13)21-15(24)7-10-26-17-22-20-11-23(17)8-6-12-3-2-9-25-12/h1-5,9,11H,6-8,10H2,(H,21,24). The topological polar surface area (TPSA) is 59.8 Å². The first-order valence-corrected chi connectivity index (χ1v) is 10.5. The molecule has 0 saturated carbocycles. The van der Waals surface area contributed by atoms with Crippen LogP contribution in [-0.2, 0) is 17.8 Å². The third kappa shape index (κ3) is 5.23. The van der Waals surface area contributed by atoms with Gasteiger partial charge in [0.25, 0.3) is 0 Å². The second kappa shape index (κ2) is 9.41. The highest BCUT2D eigenvalue weighted by molar-refractivity contribution is 7.99. The van der Waals surface area contributed by atoms with E-state index in [9.17, 15) is 4.79 Å². The number of nitrogens with zero attached hydrogens (tertiary/aromatic N) is 3. The summed E-state index contributed by atoms with van der Waals surface area (Å²) < 4.78 is 2.01. The predicted molar refractivity (Wildman–Crippen MR) is 108 cm³/mol. The third-order valence-corrected chi connectivity index (χ3v) is 6.10. The Bertz CT molecular complexity index is 847. The fraction of sp³-hybridized carbons (Fsp3) is 0.235. The van der Waals surface area contributed by atoms with Crippen LogP contribution in [0.2, 0.25) is 10.0 Å². The van der Waals surface area contributed by atoms with E-state index in [-0.39, 0.29) is 5.91 Å². The van der Waals surface area contributed by atoms with Crippen LogP contribution in [0.15, 0.2) is 47.2 Å². The Morgan fingerprint density at radius 1 is 1.23 bits per heavy atom. The molecule has 136 valence electrons. The lowest BCUT2D eigenvalue weighted by Crippen LogP contribution is -2.13. The number of thiophene rings is 1. The van der Waals surface area contributed by atoms with Gasteiger partial charge in [-0.3, -0.25) is 4.79 Å². The minimum Gasteiger partial charge on any atom is -0.324 e. The maximum atomic E-state index is 12.1. The van der Waals surface area contributed by atoms with Crippen LogP contribution in [0.25, 0.3) is 0 Å². The molecule has 0 saturated heterocycles. The summed E-state index contributed by atoms with van der Waals surface area (Å²) in [6.45, 7) is 0.817. The number of carbonyl (C=O) groups excluding carboxylic acids is 1. The normalized spacial score (nSPS) is 10.8. The van der Waals surface area contributed by atoms with Gasteiger partial charge in [0.15, 0.2) is 5.16 Å². The van der Waals surface area contributed by atoms with Crippen LogP contribution < -0.4 is 5.32 Å². The van der Waals surface area contributed by atoms with Crippen LogP contribution in [0.4, 0.5) is 5.69 Å². The van der Waals surface area contributed by atoms with Crippen molar-refractivity contribution in [2.24, 2.45) is 0 Å². The molecule has 0 aliphatic carbocycles. The van der Waals surface area contributed by atoms with Gasteiger partial charge in [0.1, 0.15) is 6.33 Å². The van der Waals surface area contributed by atoms with E-state index in [4.69, 9.17) is 23.2 Å². The van der Waals surface area contributed by atoms with Gasteiger partial charge in [-0.15, -0.1) is 21.5 Å². The van der Waals surface area contributed by atoms with Gasteiger partial charge < -0.3 is 9.88 Å². The lowest BCUT2D eigenvalue weighted by Gasteiger charge is -2.09. The van der Waals surface area contributed by atoms with Crippen LogP contribution in [0.5, 0.6) is 0 Å². The molecule has 2 heterocycles. The Hall–Kier alpha value is -1.54. The highest BCUT2D eigenvalue weighted by Crippen LogP contribution is 2.30. The highest BCUT2D eigenvalue weighted by Gasteiger charge is 2.11. The smallest absolute Gasteiger partial charge is 0.225 e. The number of nitrogens with one attached hydrogen (secondary N) is 1. The molecule has 0 aliphatic rings. The van der Waals surface area contributed by atoms with Gasteiger partial charge in [0.05, 0.1) is 15.7 Å². The Labute approximate surface area is 169 Å². The molecular formula is C17H16Cl2N4OS2. The molecule has 1 N–H and O–H groups in total. The molecule has 0 atom stereocenters. The number of aryl methyl sites for hydroxylation is 2. The second-order valence-corrected chi connectivity index (χ2v) is 8.29. The summed E-state index contributed by atoms with van der Waals surface area (Å²) >= 11 is 15.4. The van der Waals surface area contributed by atoms with Crippen molar-refractivity contribution in [2.45, 2.75) is 24.5 Å². The zero-order chi connectivity index (χ0) is 18.4. The van der Waals surface area contributed by atoms with Crippen molar-refractivity contribution < 1.29 is 4.79 Å². The third-order valence-electron chi connectivity index (χ3n) is 3.55. The van der Waals surface area contributed by atoms with E-state index in [1.165, 1.54) is 16.6 Å². The summed E-state index contributed by atoms with van der Waals surface area (Å²) in [5.41, 5.74) is 0.449. The van der Waals surface area contributed by atoms with Crippen molar-refractivity contribution in [3.05, 3.63) is 57.0 Å². The largest absolute Gasteiger partial charge is 0.324 e. The van der Waals surface area contributed by atoms with E-state index < -0.39 is 0 Å². The summed E-state index contributed by atoms with van der Waals surface area (Å²) in [6, 6.07) is 9.28. The molecule has 0 aliphatic heterocycles. The molecule has 0 bridgehead atoms. The number of halogens is 2. The predicted octanol–water partition coefficient (Wildman–Crippen LogP) is 5.01. The van der Waals surface area contributed by atoms with E-state index >= 15 is 0 Å². The Kier molecular flexibility index (Phi) is 6.96. The van der Waals surface area contributed by atoms with Gasteiger partial charge in [0.2, 0.25) is 5.91 Å². The van der Waals surface area contributed by atoms with Crippen molar-refractivity contribution >= 4 is 57.9 Å². The first kappa shape index (κ1) is 19.2. The zero-order valence-corrected chi connectivity index (χ0v) is 16.8. The van der Waals surface area contributed by atoms with Gasteiger partial charge in [-0.2, -0.15) is 0 Å². The number of thioether (sulfide) groups is 1. The molecule has 0 spiro atoms. The second-order valence-electron chi connectivity index (χ2n) is 5.38. The van der Waals surface area contributed by atoms with Crippen molar-refractivity contribution in [3.63, 3.8) is 0 Å². The number of carbonyl (C=O) groups is 1. The molecule has 0 unspecified atom stereocenters. The minimum absolute atomic E-state index is 0.142. The van der Waals surface area contributed by atoms with Crippen LogP contribution in [0.1, 0.15) is 11.3 Å². The lowest BCUT2D eigenvalue weighted by molar-refractivity contribution is -0.115. The summed E-state index contributed by atoms with van der Waals surface area (Å²) in [7, 11) is 0. The van der Waals surface area contributed by atoms with Crippen LogP contribution >= 0.6 is 46.3 Å². The number of para-hydroxylation sites is 1. The van der Waals surface area contributed by atoms with E-state index in [0.29, 0.717) is 27.9 Å². The number of hydrogen-bond donors (Lipinski definition) is 1. The average molecular weight is 427 g/mol. The molecule has 5 nitrogen and oxygen atoms in total. The number of rotatable bonds is 8. The quantitative estimate of drug-likeness (QED) is 0.514. The summed E-state index contributed by atoms with van der Waals surface area (Å²) in [4.78, 5) is 13.5. The van der Waals surface area contributed by atoms with Gasteiger partial charge in [-0.1, -0.05) is 47.1 Å². The molecule has 26 heavy (non-hydrogen) atoms. The van der Waals surface area contributed by atoms with Gasteiger partial charge >= 0.3 is 0 Å². The Morgan fingerprint density at radius 3 is 2.77 bits per heavy atom. The van der Waals surface area contributed by atoms with Gasteiger partial charge in [-0.25, -0.2) is 0 Å². The molecule has 0 radical (unpaired) electrons. The number of hydrogen-bond acceptors (Lipinski definition) is 5. The minimum atomic E-state index is -0.142. The van der Waals surface area contributed by atoms with Gasteiger partial charge in [-0.05, 0) is 30.0 Å². The van der Waals surface area contributed by atoms with Crippen molar-refractivity contribution in [3.8, 4) is 0 Å². The molecule has 1 amide bonds. The molecular weight excluding hydrogens is 411 g/mol. The fourth-order valence-electron chi connectivity index (χ4n) is 2.25. The molecule has 1 aromatic carbocycles. The monoisotopic (exact) mass is 426 g/mol. The molecule has 9 heteroatoms. The summed E-state index contributed by atoms with van der Waals surface area (Å²) in [5, 5.41) is 14.6. The molecule has 3 aromatic rings.